The molecule has 2 aromatic rings. The van der Waals surface area contributed by atoms with E-state index >= 15 is 0 Å². The molecule has 0 radical (unpaired) electrons. The van der Waals surface area contributed by atoms with Crippen LogP contribution in [0, 0.1) is 11.6 Å². The maximum atomic E-state index is 13.5. The van der Waals surface area contributed by atoms with Crippen molar-refractivity contribution in [2.75, 3.05) is 0 Å². The lowest BCUT2D eigenvalue weighted by atomic mass is 10.00. The first-order chi connectivity index (χ1) is 14.9. The van der Waals surface area contributed by atoms with Crippen molar-refractivity contribution in [3.63, 3.8) is 0 Å². The zero-order chi connectivity index (χ0) is 25.9. The van der Waals surface area contributed by atoms with Gasteiger partial charge < -0.3 is 0 Å². The first kappa shape index (κ1) is 28.9. The van der Waals surface area contributed by atoms with Crippen LogP contribution >= 0.6 is 31.9 Å². The van der Waals surface area contributed by atoms with E-state index in [2.05, 4.69) is 31.9 Å². The Balaban J connectivity index is 0.000000331. The molecule has 0 aliphatic heterocycles. The molecule has 0 unspecified atom stereocenters. The summed E-state index contributed by atoms with van der Waals surface area (Å²) in [7, 11) is 0. The highest BCUT2D eigenvalue weighted by Gasteiger charge is 2.61. The van der Waals surface area contributed by atoms with Crippen molar-refractivity contribution in [3.05, 3.63) is 68.1 Å². The van der Waals surface area contributed by atoms with Gasteiger partial charge in [0, 0.05) is 33.9 Å². The van der Waals surface area contributed by atoms with Crippen LogP contribution in [-0.2, 0) is 15.5 Å². The third-order valence-electron chi connectivity index (χ3n) is 4.01. The Morgan fingerprint density at radius 3 is 1.58 bits per heavy atom. The minimum Gasteiger partial charge on any atom is -0.293 e. The van der Waals surface area contributed by atoms with Crippen molar-refractivity contribution in [3.8, 4) is 0 Å². The Bertz CT molecular complexity index is 1090. The van der Waals surface area contributed by atoms with E-state index in [4.69, 9.17) is 0 Å². The van der Waals surface area contributed by atoms with Crippen LogP contribution in [0.2, 0.25) is 0 Å². The molecule has 0 bridgehead atoms. The zero-order valence-corrected chi connectivity index (χ0v) is 19.6. The van der Waals surface area contributed by atoms with Gasteiger partial charge in [0.15, 0.2) is 0 Å². The summed E-state index contributed by atoms with van der Waals surface area (Å²) >= 11 is 5.34. The van der Waals surface area contributed by atoms with Gasteiger partial charge in [-0.15, -0.1) is 0 Å². The standard InChI is InChI=1S/C10H6BrF5O.C10H6BrF3O2/c1-5(17)9(13,14)10(15,16)7-3-2-6(12)4-8(7)11;1-5(15)10(13,14)9(16)7-3-2-6(12)4-8(7)11/h2-4H,1H3;2-4H,1H3. The highest BCUT2D eigenvalue weighted by molar-refractivity contribution is 9.10. The number of halogens is 10. The van der Waals surface area contributed by atoms with Crippen LogP contribution in [0.5, 0.6) is 0 Å². The molecule has 0 spiro atoms. The molecule has 0 atom stereocenters. The van der Waals surface area contributed by atoms with Gasteiger partial charge in [0.25, 0.3) is 0 Å². The molecular weight excluding hydrogens is 600 g/mol. The van der Waals surface area contributed by atoms with Gasteiger partial charge in [-0.3, -0.25) is 14.4 Å². The van der Waals surface area contributed by atoms with Crippen LogP contribution in [0.4, 0.5) is 35.1 Å². The molecule has 0 fully saturated rings. The maximum absolute atomic E-state index is 13.5. The third kappa shape index (κ3) is 6.25. The third-order valence-corrected chi connectivity index (χ3v) is 5.32. The monoisotopic (exact) mass is 610 g/mol. The van der Waals surface area contributed by atoms with Crippen molar-refractivity contribution in [1.82, 2.24) is 0 Å². The van der Waals surface area contributed by atoms with Crippen LogP contribution in [0.25, 0.3) is 0 Å². The number of Topliss-reactive ketones (excluding diaryl/α,β-unsaturated/α-hetero) is 3. The molecule has 13 heteroatoms. The SMILES string of the molecule is CC(=O)C(F)(F)C(=O)c1ccc(F)cc1Br.CC(=O)C(F)(F)C(F)(F)c1ccc(F)cc1Br. The molecule has 0 N–H and O–H groups in total. The van der Waals surface area contributed by atoms with E-state index in [-0.39, 0.29) is 4.47 Å². The largest absolute Gasteiger partial charge is 0.371 e. The number of benzene rings is 2. The second kappa shape index (κ2) is 10.4. The first-order valence-corrected chi connectivity index (χ1v) is 10.1. The van der Waals surface area contributed by atoms with Crippen molar-refractivity contribution < 1.29 is 49.5 Å². The van der Waals surface area contributed by atoms with Crippen molar-refractivity contribution in [2.24, 2.45) is 0 Å². The summed E-state index contributed by atoms with van der Waals surface area (Å²) in [4.78, 5) is 32.5. The minimum atomic E-state index is -4.84. The van der Waals surface area contributed by atoms with Crippen LogP contribution in [0.3, 0.4) is 0 Å². The molecule has 180 valence electrons. The van der Waals surface area contributed by atoms with Gasteiger partial charge in [-0.1, -0.05) is 15.9 Å². The topological polar surface area (TPSA) is 51.2 Å². The summed E-state index contributed by atoms with van der Waals surface area (Å²) in [5.74, 6) is -20.3. The van der Waals surface area contributed by atoms with E-state index < -0.39 is 62.4 Å². The Morgan fingerprint density at radius 2 is 1.18 bits per heavy atom. The number of carbonyl (C=O) groups is 3. The summed E-state index contributed by atoms with van der Waals surface area (Å²) in [6.45, 7) is 0.987. The molecular formula is C20H12Br2F8O3. The Kier molecular flexibility index (Phi) is 9.11. The van der Waals surface area contributed by atoms with Crippen LogP contribution in [0.15, 0.2) is 45.3 Å². The summed E-state index contributed by atoms with van der Waals surface area (Å²) in [6.07, 6.45) is 0. The summed E-state index contributed by atoms with van der Waals surface area (Å²) in [5.41, 5.74) is -1.57. The molecule has 0 amide bonds. The molecule has 2 aromatic carbocycles. The minimum absolute atomic E-state index is 0.113. The normalized spacial score (nSPS) is 12.0. The second-order valence-corrected chi connectivity index (χ2v) is 8.12. The number of rotatable bonds is 6. The van der Waals surface area contributed by atoms with E-state index in [1.807, 2.05) is 0 Å². The smallest absolute Gasteiger partial charge is 0.293 e. The van der Waals surface area contributed by atoms with Gasteiger partial charge in [-0.05, 0) is 52.3 Å². The number of ketones is 3. The summed E-state index contributed by atoms with van der Waals surface area (Å²) in [5, 5.41) is 0. The number of hydrogen-bond donors (Lipinski definition) is 0. The maximum Gasteiger partial charge on any atom is 0.371 e. The molecule has 0 aliphatic rings. The Morgan fingerprint density at radius 1 is 0.727 bits per heavy atom. The van der Waals surface area contributed by atoms with Crippen LogP contribution < -0.4 is 0 Å². The van der Waals surface area contributed by atoms with E-state index in [1.165, 1.54) is 0 Å². The molecule has 0 aromatic heterocycles. The predicted octanol–water partition coefficient (Wildman–Crippen LogP) is 6.90. The number of hydrogen-bond acceptors (Lipinski definition) is 3. The highest BCUT2D eigenvalue weighted by atomic mass is 79.9. The zero-order valence-electron chi connectivity index (χ0n) is 16.5. The lowest BCUT2D eigenvalue weighted by Gasteiger charge is -2.25. The molecule has 33 heavy (non-hydrogen) atoms. The fourth-order valence-corrected chi connectivity index (χ4v) is 3.27. The lowest BCUT2D eigenvalue weighted by Crippen LogP contribution is -2.44. The van der Waals surface area contributed by atoms with E-state index in [1.54, 1.807) is 0 Å². The van der Waals surface area contributed by atoms with Gasteiger partial charge in [-0.2, -0.15) is 26.3 Å². The van der Waals surface area contributed by atoms with Gasteiger partial charge in [0.2, 0.25) is 17.3 Å². The van der Waals surface area contributed by atoms with E-state index in [0.29, 0.717) is 32.0 Å². The molecule has 3 nitrogen and oxygen atoms in total. The fraction of sp³-hybridized carbons (Fsp3) is 0.250. The summed E-state index contributed by atoms with van der Waals surface area (Å²) in [6, 6.07) is 4.40. The predicted molar refractivity (Wildman–Crippen MR) is 108 cm³/mol. The second-order valence-electron chi connectivity index (χ2n) is 6.41. The quantitative estimate of drug-likeness (QED) is 0.203. The summed E-state index contributed by atoms with van der Waals surface area (Å²) < 4.78 is 104. The van der Waals surface area contributed by atoms with Gasteiger partial charge >= 0.3 is 17.8 Å². The molecule has 0 aliphatic carbocycles. The average molecular weight is 612 g/mol. The van der Waals surface area contributed by atoms with E-state index in [0.717, 1.165) is 18.2 Å². The van der Waals surface area contributed by atoms with Gasteiger partial charge in [-0.25, -0.2) is 8.78 Å². The van der Waals surface area contributed by atoms with Crippen LogP contribution in [-0.4, -0.2) is 29.2 Å². The van der Waals surface area contributed by atoms with Crippen molar-refractivity contribution in [2.45, 2.75) is 31.6 Å². The average Bonchev–Trinajstić information content (AvgIpc) is 2.67. The fourth-order valence-electron chi connectivity index (χ4n) is 2.14. The van der Waals surface area contributed by atoms with Gasteiger partial charge in [0.1, 0.15) is 11.6 Å². The molecule has 0 saturated carbocycles. The number of alkyl halides is 6. The molecule has 0 saturated heterocycles. The lowest BCUT2D eigenvalue weighted by molar-refractivity contribution is -0.212. The van der Waals surface area contributed by atoms with Crippen molar-refractivity contribution >= 4 is 49.2 Å². The van der Waals surface area contributed by atoms with Crippen LogP contribution in [0.1, 0.15) is 29.8 Å². The van der Waals surface area contributed by atoms with Gasteiger partial charge in [0.05, 0.1) is 0 Å². The Labute approximate surface area is 198 Å². The molecule has 0 heterocycles. The highest BCUT2D eigenvalue weighted by Crippen LogP contribution is 2.46. The van der Waals surface area contributed by atoms with E-state index in [9.17, 15) is 49.5 Å². The Hall–Kier alpha value is -2.15. The number of carbonyl (C=O) groups excluding carboxylic acids is 3. The van der Waals surface area contributed by atoms with Crippen molar-refractivity contribution in [1.29, 1.82) is 0 Å². The first-order valence-electron chi connectivity index (χ1n) is 8.48. The molecule has 2 rings (SSSR count).